The van der Waals surface area contributed by atoms with Gasteiger partial charge >= 0.3 is 5.97 Å². The highest BCUT2D eigenvalue weighted by molar-refractivity contribution is 7.15. The molecular weight excluding hydrogens is 372 g/mol. The Kier molecular flexibility index (Phi) is 6.86. The topological polar surface area (TPSA) is 58.6 Å². The van der Waals surface area contributed by atoms with Crippen molar-refractivity contribution < 1.29 is 14.3 Å². The standard InChI is InChI=1S/C22H28N2O3S/c1-4-27-22(26)20-18(17-8-6-5-7-9-17)14-28-21(20)23-19(25)13-24-11-15(2)10-16(3)12-24/h5-9,14-16H,4,10-13H2,1-3H3,(H,23,25)/t15-,16-/m1/s1. The molecule has 0 spiro atoms. The second-order valence-electron chi connectivity index (χ2n) is 7.63. The number of amides is 1. The normalized spacial score (nSPS) is 20.0. The lowest BCUT2D eigenvalue weighted by molar-refractivity contribution is -0.117. The first kappa shape index (κ1) is 20.6. The van der Waals surface area contributed by atoms with Crippen molar-refractivity contribution in [3.8, 4) is 11.1 Å². The van der Waals surface area contributed by atoms with Crippen LogP contribution in [0.3, 0.4) is 0 Å². The lowest BCUT2D eigenvalue weighted by Crippen LogP contribution is -2.42. The van der Waals surface area contributed by atoms with Gasteiger partial charge in [0.05, 0.1) is 13.2 Å². The summed E-state index contributed by atoms with van der Waals surface area (Å²) >= 11 is 1.37. The van der Waals surface area contributed by atoms with Gasteiger partial charge in [-0.05, 0) is 30.7 Å². The predicted octanol–water partition coefficient (Wildman–Crippen LogP) is 4.51. The predicted molar refractivity (Wildman–Crippen MR) is 114 cm³/mol. The SMILES string of the molecule is CCOC(=O)c1c(-c2ccccc2)csc1NC(=O)CN1C[C@H](C)C[C@@H](C)C1. The Balaban J connectivity index is 1.78. The van der Waals surface area contributed by atoms with E-state index in [2.05, 4.69) is 24.1 Å². The van der Waals surface area contributed by atoms with Crippen molar-refractivity contribution in [1.82, 2.24) is 4.90 Å². The van der Waals surface area contributed by atoms with E-state index in [1.807, 2.05) is 35.7 Å². The Morgan fingerprint density at radius 3 is 2.50 bits per heavy atom. The van der Waals surface area contributed by atoms with Crippen LogP contribution in [0.1, 0.15) is 37.6 Å². The molecule has 2 atom stereocenters. The van der Waals surface area contributed by atoms with Gasteiger partial charge < -0.3 is 10.1 Å². The molecule has 2 aromatic rings. The number of piperidine rings is 1. The number of anilines is 1. The van der Waals surface area contributed by atoms with Crippen LogP contribution in [0.5, 0.6) is 0 Å². The summed E-state index contributed by atoms with van der Waals surface area (Å²) in [6, 6.07) is 9.70. The van der Waals surface area contributed by atoms with E-state index in [-0.39, 0.29) is 5.91 Å². The zero-order valence-electron chi connectivity index (χ0n) is 16.7. The van der Waals surface area contributed by atoms with Crippen LogP contribution in [-0.2, 0) is 9.53 Å². The number of thiophene rings is 1. The molecule has 0 bridgehead atoms. The maximum Gasteiger partial charge on any atom is 0.341 e. The van der Waals surface area contributed by atoms with Crippen molar-refractivity contribution in [1.29, 1.82) is 0 Å². The average molecular weight is 401 g/mol. The van der Waals surface area contributed by atoms with Crippen molar-refractivity contribution >= 4 is 28.2 Å². The van der Waals surface area contributed by atoms with Gasteiger partial charge in [0.2, 0.25) is 5.91 Å². The lowest BCUT2D eigenvalue weighted by atomic mass is 9.92. The van der Waals surface area contributed by atoms with Gasteiger partial charge in [0, 0.05) is 24.0 Å². The first-order valence-corrected chi connectivity index (χ1v) is 10.7. The van der Waals surface area contributed by atoms with Crippen molar-refractivity contribution in [2.24, 2.45) is 11.8 Å². The van der Waals surface area contributed by atoms with Gasteiger partial charge in [0.25, 0.3) is 0 Å². The highest BCUT2D eigenvalue weighted by Crippen LogP contribution is 2.36. The van der Waals surface area contributed by atoms with Crippen LogP contribution in [0.15, 0.2) is 35.7 Å². The molecule has 0 aliphatic carbocycles. The molecule has 1 N–H and O–H groups in total. The minimum Gasteiger partial charge on any atom is -0.462 e. The molecule has 2 heterocycles. The zero-order valence-corrected chi connectivity index (χ0v) is 17.6. The molecule has 1 aromatic heterocycles. The molecular formula is C22H28N2O3S. The summed E-state index contributed by atoms with van der Waals surface area (Å²) in [5.74, 6) is 0.697. The van der Waals surface area contributed by atoms with E-state index in [1.165, 1.54) is 17.8 Å². The van der Waals surface area contributed by atoms with Crippen LogP contribution in [0.25, 0.3) is 11.1 Å². The van der Waals surface area contributed by atoms with Crippen LogP contribution in [0.2, 0.25) is 0 Å². The third kappa shape index (κ3) is 5.00. The number of nitrogens with zero attached hydrogens (tertiary/aromatic N) is 1. The first-order chi connectivity index (χ1) is 13.5. The van der Waals surface area contributed by atoms with Crippen LogP contribution in [-0.4, -0.2) is 43.0 Å². The van der Waals surface area contributed by atoms with E-state index in [9.17, 15) is 9.59 Å². The number of esters is 1. The van der Waals surface area contributed by atoms with Gasteiger partial charge in [-0.3, -0.25) is 9.69 Å². The van der Waals surface area contributed by atoms with Crippen LogP contribution < -0.4 is 5.32 Å². The maximum absolute atomic E-state index is 12.7. The summed E-state index contributed by atoms with van der Waals surface area (Å²) in [7, 11) is 0. The molecule has 0 radical (unpaired) electrons. The van der Waals surface area contributed by atoms with E-state index in [0.29, 0.717) is 35.6 Å². The largest absolute Gasteiger partial charge is 0.462 e. The number of ether oxygens (including phenoxy) is 1. The highest BCUT2D eigenvalue weighted by atomic mass is 32.1. The van der Waals surface area contributed by atoms with E-state index >= 15 is 0 Å². The number of hydrogen-bond acceptors (Lipinski definition) is 5. The molecule has 3 rings (SSSR count). The smallest absolute Gasteiger partial charge is 0.341 e. The number of nitrogens with one attached hydrogen (secondary N) is 1. The molecule has 1 aliphatic heterocycles. The Hall–Kier alpha value is -2.18. The van der Waals surface area contributed by atoms with Crippen molar-refractivity contribution in [2.45, 2.75) is 27.2 Å². The molecule has 150 valence electrons. The third-order valence-corrected chi connectivity index (χ3v) is 5.82. The van der Waals surface area contributed by atoms with Crippen LogP contribution in [0, 0.1) is 11.8 Å². The Labute approximate surface area is 170 Å². The van der Waals surface area contributed by atoms with E-state index in [1.54, 1.807) is 6.92 Å². The molecule has 28 heavy (non-hydrogen) atoms. The minimum atomic E-state index is -0.405. The summed E-state index contributed by atoms with van der Waals surface area (Å²) < 4.78 is 5.25. The van der Waals surface area contributed by atoms with Gasteiger partial charge in [-0.1, -0.05) is 44.2 Å². The van der Waals surface area contributed by atoms with E-state index in [0.717, 1.165) is 24.2 Å². The quantitative estimate of drug-likeness (QED) is 0.725. The third-order valence-electron chi connectivity index (χ3n) is 4.92. The summed E-state index contributed by atoms with van der Waals surface area (Å²) in [6.45, 7) is 8.73. The van der Waals surface area contributed by atoms with Crippen molar-refractivity contribution in [3.05, 3.63) is 41.3 Å². The number of carbonyl (C=O) groups excluding carboxylic acids is 2. The molecule has 6 heteroatoms. The summed E-state index contributed by atoms with van der Waals surface area (Å²) in [5.41, 5.74) is 2.16. The number of carbonyl (C=O) groups is 2. The van der Waals surface area contributed by atoms with Gasteiger partial charge in [0.15, 0.2) is 0 Å². The maximum atomic E-state index is 12.7. The van der Waals surface area contributed by atoms with Gasteiger partial charge in [-0.2, -0.15) is 0 Å². The fourth-order valence-electron chi connectivity index (χ4n) is 3.98. The molecule has 0 saturated carbocycles. The number of rotatable bonds is 6. The van der Waals surface area contributed by atoms with E-state index in [4.69, 9.17) is 4.74 Å². The Morgan fingerprint density at radius 2 is 1.86 bits per heavy atom. The van der Waals surface area contributed by atoms with Crippen LogP contribution in [0.4, 0.5) is 5.00 Å². The molecule has 1 saturated heterocycles. The molecule has 1 aromatic carbocycles. The monoisotopic (exact) mass is 400 g/mol. The summed E-state index contributed by atoms with van der Waals surface area (Å²) in [5, 5.41) is 5.41. The fourth-order valence-corrected chi connectivity index (χ4v) is 4.95. The molecule has 1 amide bonds. The summed E-state index contributed by atoms with van der Waals surface area (Å²) in [6.07, 6.45) is 1.20. The Morgan fingerprint density at radius 1 is 1.18 bits per heavy atom. The first-order valence-electron chi connectivity index (χ1n) is 9.84. The average Bonchev–Trinajstić information content (AvgIpc) is 3.05. The number of hydrogen-bond donors (Lipinski definition) is 1. The summed E-state index contributed by atoms with van der Waals surface area (Å²) in [4.78, 5) is 27.5. The molecule has 1 fully saturated rings. The zero-order chi connectivity index (χ0) is 20.1. The lowest BCUT2D eigenvalue weighted by Gasteiger charge is -2.34. The molecule has 1 aliphatic rings. The van der Waals surface area contributed by atoms with Crippen LogP contribution >= 0.6 is 11.3 Å². The Bertz CT molecular complexity index is 808. The van der Waals surface area contributed by atoms with Gasteiger partial charge in [-0.15, -0.1) is 11.3 Å². The second kappa shape index (κ2) is 9.34. The van der Waals surface area contributed by atoms with Crippen molar-refractivity contribution in [2.75, 3.05) is 31.6 Å². The number of benzene rings is 1. The van der Waals surface area contributed by atoms with Crippen molar-refractivity contribution in [3.63, 3.8) is 0 Å². The van der Waals surface area contributed by atoms with E-state index < -0.39 is 5.97 Å². The molecule has 0 unspecified atom stereocenters. The molecule has 5 nitrogen and oxygen atoms in total. The van der Waals surface area contributed by atoms with Gasteiger partial charge in [-0.25, -0.2) is 4.79 Å². The second-order valence-corrected chi connectivity index (χ2v) is 8.51. The highest BCUT2D eigenvalue weighted by Gasteiger charge is 2.26. The number of likely N-dealkylation sites (tertiary alicyclic amines) is 1. The minimum absolute atomic E-state index is 0.0895. The fraction of sp³-hybridized carbons (Fsp3) is 0.455. The van der Waals surface area contributed by atoms with Gasteiger partial charge in [0.1, 0.15) is 10.6 Å².